The average Bonchev–Trinajstić information content (AvgIpc) is 2.29. The van der Waals surface area contributed by atoms with Crippen LogP contribution in [0, 0.1) is 0 Å². The van der Waals surface area contributed by atoms with Crippen molar-refractivity contribution in [1.29, 1.82) is 0 Å². The molecule has 0 atom stereocenters. The molecule has 4 heteroatoms. The van der Waals surface area contributed by atoms with Gasteiger partial charge in [-0.1, -0.05) is 18.2 Å². The van der Waals surface area contributed by atoms with Crippen LogP contribution in [-0.4, -0.2) is 27.9 Å². The van der Waals surface area contributed by atoms with Gasteiger partial charge in [-0.2, -0.15) is 0 Å². The summed E-state index contributed by atoms with van der Waals surface area (Å²) in [5.74, 6) is 0. The molecule has 0 bridgehead atoms. The van der Waals surface area contributed by atoms with Crippen molar-refractivity contribution in [2.24, 2.45) is 0 Å². The van der Waals surface area contributed by atoms with Gasteiger partial charge in [0.05, 0.1) is 6.17 Å². The van der Waals surface area contributed by atoms with E-state index in [1.807, 2.05) is 44.2 Å². The van der Waals surface area contributed by atoms with Crippen LogP contribution in [0.3, 0.4) is 0 Å². The molecule has 0 unspecified atom stereocenters. The van der Waals surface area contributed by atoms with E-state index in [1.165, 1.54) is 0 Å². The van der Waals surface area contributed by atoms with E-state index in [0.29, 0.717) is 13.2 Å². The topological polar surface area (TPSA) is 30.5 Å². The largest absolute Gasteiger partial charge is 0.394 e. The number of anilines is 1. The van der Waals surface area contributed by atoms with E-state index in [4.69, 9.17) is 8.85 Å². The molecule has 0 saturated heterocycles. The summed E-state index contributed by atoms with van der Waals surface area (Å²) in [7, 11) is -2.04. The molecule has 1 aromatic carbocycles. The van der Waals surface area contributed by atoms with Crippen molar-refractivity contribution < 1.29 is 8.85 Å². The molecule has 0 fully saturated rings. The molecule has 3 nitrogen and oxygen atoms in total. The summed E-state index contributed by atoms with van der Waals surface area (Å²) < 4.78 is 11.5. The zero-order valence-electron chi connectivity index (χ0n) is 10.3. The summed E-state index contributed by atoms with van der Waals surface area (Å²) in [6.07, 6.45) is 0.776. The van der Waals surface area contributed by atoms with Crippen molar-refractivity contribution >= 4 is 14.2 Å². The Morgan fingerprint density at radius 1 is 1.06 bits per heavy atom. The number of hydrogen-bond donors (Lipinski definition) is 1. The molecule has 0 aromatic heterocycles. The van der Waals surface area contributed by atoms with Gasteiger partial charge in [0.25, 0.3) is 0 Å². The summed E-state index contributed by atoms with van der Waals surface area (Å²) >= 11 is 0. The Balaban J connectivity index is 2.49. The molecule has 0 amide bonds. The van der Waals surface area contributed by atoms with Crippen LogP contribution in [0.25, 0.3) is 0 Å². The summed E-state index contributed by atoms with van der Waals surface area (Å²) in [6.45, 7) is 7.52. The smallest absolute Gasteiger partial charge is 0.354 e. The highest BCUT2D eigenvalue weighted by Crippen LogP contribution is 2.11. The molecule has 1 N–H and O–H groups in total. The van der Waals surface area contributed by atoms with Crippen LogP contribution in [0.1, 0.15) is 13.8 Å². The number of nitrogens with one attached hydrogen (secondary N) is 1. The fourth-order valence-corrected chi connectivity index (χ4v) is 3.61. The lowest BCUT2D eigenvalue weighted by Crippen LogP contribution is -2.46. The molecule has 0 radical (unpaired) electrons. The minimum atomic E-state index is -2.04. The summed E-state index contributed by atoms with van der Waals surface area (Å²) in [5, 5.41) is 3.37. The highest BCUT2D eigenvalue weighted by atomic mass is 28.4. The molecule has 0 saturated carbocycles. The summed E-state index contributed by atoms with van der Waals surface area (Å²) in [4.78, 5) is 0. The maximum atomic E-state index is 5.75. The van der Waals surface area contributed by atoms with Crippen LogP contribution in [0.15, 0.2) is 30.3 Å². The second kappa shape index (κ2) is 6.68. The van der Waals surface area contributed by atoms with E-state index in [1.54, 1.807) is 0 Å². The molecular weight excluding hydrogens is 218 g/mol. The van der Waals surface area contributed by atoms with Gasteiger partial charge in [-0.05, 0) is 32.5 Å². The predicted octanol–water partition coefficient (Wildman–Crippen LogP) is 2.78. The van der Waals surface area contributed by atoms with E-state index in [0.717, 1.165) is 11.9 Å². The summed E-state index contributed by atoms with van der Waals surface area (Å²) in [5.41, 5.74) is 1.11. The fraction of sp³-hybridized carbons (Fsp3) is 0.500. The van der Waals surface area contributed by atoms with Crippen molar-refractivity contribution in [3.05, 3.63) is 30.3 Å². The number of rotatable bonds is 7. The third-order valence-corrected chi connectivity index (χ3v) is 4.90. The molecule has 0 aliphatic rings. The van der Waals surface area contributed by atoms with Crippen molar-refractivity contribution in [1.82, 2.24) is 0 Å². The quantitative estimate of drug-likeness (QED) is 0.742. The molecule has 0 aliphatic carbocycles. The Morgan fingerprint density at radius 2 is 1.62 bits per heavy atom. The molecule has 0 heterocycles. The Kier molecular flexibility index (Phi) is 5.52. The molecule has 0 spiro atoms. The van der Waals surface area contributed by atoms with Gasteiger partial charge in [0.2, 0.25) is 0 Å². The zero-order valence-corrected chi connectivity index (χ0v) is 11.3. The maximum absolute atomic E-state index is 5.75. The standard InChI is InChI=1S/C12H21NO2Si/c1-4-14-16(3,15-5-2)11-13-12-9-7-6-8-10-12/h6-10,13H,4-5,11H2,1-3H3. The molecule has 1 rings (SSSR count). The van der Waals surface area contributed by atoms with Crippen molar-refractivity contribution in [2.45, 2.75) is 20.4 Å². The first-order valence-electron chi connectivity index (χ1n) is 5.77. The van der Waals surface area contributed by atoms with Gasteiger partial charge in [-0.15, -0.1) is 0 Å². The van der Waals surface area contributed by atoms with Crippen LogP contribution in [0.4, 0.5) is 5.69 Å². The van der Waals surface area contributed by atoms with E-state index in [9.17, 15) is 0 Å². The second-order valence-electron chi connectivity index (χ2n) is 3.72. The Bertz CT molecular complexity index is 286. The lowest BCUT2D eigenvalue weighted by molar-refractivity contribution is 0.191. The first-order valence-corrected chi connectivity index (χ1v) is 8.29. The lowest BCUT2D eigenvalue weighted by Gasteiger charge is -2.26. The molecule has 16 heavy (non-hydrogen) atoms. The molecule has 0 aliphatic heterocycles. The highest BCUT2D eigenvalue weighted by molar-refractivity contribution is 6.66. The minimum absolute atomic E-state index is 0.708. The Labute approximate surface area is 99.0 Å². The van der Waals surface area contributed by atoms with E-state index >= 15 is 0 Å². The predicted molar refractivity (Wildman–Crippen MR) is 69.8 cm³/mol. The normalized spacial score (nSPS) is 11.4. The van der Waals surface area contributed by atoms with Crippen LogP contribution in [0.2, 0.25) is 6.55 Å². The molecule has 1 aromatic rings. The van der Waals surface area contributed by atoms with E-state index in [-0.39, 0.29) is 0 Å². The number of para-hydroxylation sites is 1. The minimum Gasteiger partial charge on any atom is -0.394 e. The van der Waals surface area contributed by atoms with Gasteiger partial charge in [0.15, 0.2) is 0 Å². The lowest BCUT2D eigenvalue weighted by atomic mass is 10.3. The number of benzene rings is 1. The highest BCUT2D eigenvalue weighted by Gasteiger charge is 2.30. The summed E-state index contributed by atoms with van der Waals surface area (Å²) in [6, 6.07) is 10.1. The third kappa shape index (κ3) is 4.34. The zero-order chi connectivity index (χ0) is 11.9. The number of hydrogen-bond acceptors (Lipinski definition) is 3. The van der Waals surface area contributed by atoms with Crippen LogP contribution in [0.5, 0.6) is 0 Å². The van der Waals surface area contributed by atoms with Crippen LogP contribution >= 0.6 is 0 Å². The van der Waals surface area contributed by atoms with Gasteiger partial charge in [-0.3, -0.25) is 0 Å². The Hall–Kier alpha value is -0.843. The average molecular weight is 239 g/mol. The molecular formula is C12H21NO2Si. The molecule has 90 valence electrons. The van der Waals surface area contributed by atoms with Gasteiger partial charge >= 0.3 is 8.56 Å². The van der Waals surface area contributed by atoms with Crippen molar-refractivity contribution in [3.8, 4) is 0 Å². The monoisotopic (exact) mass is 239 g/mol. The fourth-order valence-electron chi connectivity index (χ4n) is 1.57. The van der Waals surface area contributed by atoms with Crippen LogP contribution < -0.4 is 5.32 Å². The third-order valence-electron chi connectivity index (χ3n) is 2.29. The van der Waals surface area contributed by atoms with Gasteiger partial charge in [0, 0.05) is 18.9 Å². The van der Waals surface area contributed by atoms with Gasteiger partial charge < -0.3 is 14.2 Å². The first kappa shape index (κ1) is 13.2. The SMILES string of the molecule is CCO[Si](C)(CNc1ccccc1)OCC. The van der Waals surface area contributed by atoms with Crippen LogP contribution in [-0.2, 0) is 8.85 Å². The first-order chi connectivity index (χ1) is 7.70. The van der Waals surface area contributed by atoms with Crippen molar-refractivity contribution in [3.63, 3.8) is 0 Å². The van der Waals surface area contributed by atoms with Gasteiger partial charge in [-0.25, -0.2) is 0 Å². The second-order valence-corrected chi connectivity index (χ2v) is 6.92. The maximum Gasteiger partial charge on any atom is 0.354 e. The van der Waals surface area contributed by atoms with Gasteiger partial charge in [0.1, 0.15) is 0 Å². The van der Waals surface area contributed by atoms with Crippen molar-refractivity contribution in [2.75, 3.05) is 24.7 Å². The van der Waals surface area contributed by atoms with E-state index < -0.39 is 8.56 Å². The Morgan fingerprint density at radius 3 is 2.12 bits per heavy atom. The van der Waals surface area contributed by atoms with E-state index in [2.05, 4.69) is 11.9 Å².